The van der Waals surface area contributed by atoms with Crippen molar-refractivity contribution >= 4 is 34.6 Å². The highest BCUT2D eigenvalue weighted by molar-refractivity contribution is 7.14. The fourth-order valence-electron chi connectivity index (χ4n) is 3.64. The summed E-state index contributed by atoms with van der Waals surface area (Å²) < 4.78 is 27.8. The molecular weight excluding hydrogens is 382 g/mol. The van der Waals surface area contributed by atoms with Crippen LogP contribution in [0.4, 0.5) is 13.9 Å². The molecule has 2 fully saturated rings. The largest absolute Gasteiger partial charge is 0.387 e. The van der Waals surface area contributed by atoms with Crippen molar-refractivity contribution in [2.24, 2.45) is 10.6 Å². The Labute approximate surface area is 159 Å². The van der Waals surface area contributed by atoms with Crippen molar-refractivity contribution in [3.05, 3.63) is 46.5 Å². The maximum Gasteiger partial charge on any atom is 0.185 e. The first-order valence-electron chi connectivity index (χ1n) is 8.22. The third-order valence-electron chi connectivity index (χ3n) is 5.10. The Hall–Kier alpha value is -1.77. The highest BCUT2D eigenvalue weighted by Gasteiger charge is 2.48. The van der Waals surface area contributed by atoms with Crippen LogP contribution in [0.2, 0.25) is 0 Å². The number of halogens is 3. The first-order chi connectivity index (χ1) is 12.1. The van der Waals surface area contributed by atoms with E-state index in [0.29, 0.717) is 17.5 Å². The maximum absolute atomic E-state index is 13.9. The third-order valence-corrected chi connectivity index (χ3v) is 6.00. The number of hydrogen-bond acceptors (Lipinski definition) is 6. The molecule has 5 nitrogen and oxygen atoms in total. The zero-order valence-electron chi connectivity index (χ0n) is 13.7. The van der Waals surface area contributed by atoms with Gasteiger partial charge >= 0.3 is 0 Å². The molecule has 1 aromatic carbocycles. The van der Waals surface area contributed by atoms with Gasteiger partial charge in [-0.25, -0.2) is 13.8 Å². The minimum atomic E-state index is -0.741. The molecule has 26 heavy (non-hydrogen) atoms. The molecule has 3 aliphatic heterocycles. The molecule has 4 heterocycles. The van der Waals surface area contributed by atoms with Gasteiger partial charge < -0.3 is 15.1 Å². The fourth-order valence-corrected chi connectivity index (χ4v) is 4.48. The van der Waals surface area contributed by atoms with Gasteiger partial charge in [-0.2, -0.15) is 0 Å². The molecule has 2 aromatic rings. The summed E-state index contributed by atoms with van der Waals surface area (Å²) in [6.45, 7) is 4.22. The van der Waals surface area contributed by atoms with Gasteiger partial charge in [0.25, 0.3) is 0 Å². The summed E-state index contributed by atoms with van der Waals surface area (Å²) in [6, 6.07) is 3.81. The van der Waals surface area contributed by atoms with Crippen molar-refractivity contribution in [3.63, 3.8) is 0 Å². The van der Waals surface area contributed by atoms with E-state index in [1.54, 1.807) is 11.3 Å². The number of nitrogens with one attached hydrogen (secondary N) is 1. The summed E-state index contributed by atoms with van der Waals surface area (Å²) in [5, 5.41) is 10.2. The quantitative estimate of drug-likeness (QED) is 0.863. The first-order valence-corrected chi connectivity index (χ1v) is 9.10. The van der Waals surface area contributed by atoms with Gasteiger partial charge in [0.2, 0.25) is 0 Å². The molecular formula is C17H17ClF2N4OS. The number of hydrogen-bond donors (Lipinski definition) is 1. The molecule has 138 valence electrons. The van der Waals surface area contributed by atoms with E-state index in [-0.39, 0.29) is 18.0 Å². The van der Waals surface area contributed by atoms with Crippen LogP contribution in [-0.4, -0.2) is 36.9 Å². The standard InChI is InChI=1S/C17H16F2N4OS.ClH/c18-10-2-1-3-11(19)15(10)14-4-12(22-24-14)13-5-25-16(21-13)23-8-17(9-23)6-20-7-17;/h1-3,5,14,20H,4,6-9H2;1H. The van der Waals surface area contributed by atoms with Crippen molar-refractivity contribution < 1.29 is 13.6 Å². The molecule has 1 aromatic heterocycles. The summed E-state index contributed by atoms with van der Waals surface area (Å²) >= 11 is 1.57. The predicted molar refractivity (Wildman–Crippen MR) is 98.2 cm³/mol. The summed E-state index contributed by atoms with van der Waals surface area (Å²) in [5.74, 6) is -1.22. The monoisotopic (exact) mass is 398 g/mol. The molecule has 0 radical (unpaired) electrons. The van der Waals surface area contributed by atoms with Crippen LogP contribution in [0.3, 0.4) is 0 Å². The second-order valence-corrected chi connectivity index (χ2v) is 7.78. The maximum atomic E-state index is 13.9. The number of benzene rings is 1. The number of aromatic nitrogens is 1. The van der Waals surface area contributed by atoms with Crippen molar-refractivity contribution in [1.29, 1.82) is 0 Å². The van der Waals surface area contributed by atoms with Crippen molar-refractivity contribution in [3.8, 4) is 0 Å². The van der Waals surface area contributed by atoms with E-state index in [1.165, 1.54) is 18.2 Å². The van der Waals surface area contributed by atoms with Crippen molar-refractivity contribution in [2.45, 2.75) is 12.5 Å². The van der Waals surface area contributed by atoms with Gasteiger partial charge in [-0.15, -0.1) is 23.7 Å². The Morgan fingerprint density at radius 1 is 1.23 bits per heavy atom. The Morgan fingerprint density at radius 3 is 2.62 bits per heavy atom. The summed E-state index contributed by atoms with van der Waals surface area (Å²) in [5.41, 5.74) is 1.73. The molecule has 0 amide bonds. The van der Waals surface area contributed by atoms with E-state index < -0.39 is 17.7 Å². The lowest BCUT2D eigenvalue weighted by Gasteiger charge is -2.56. The van der Waals surface area contributed by atoms with E-state index in [9.17, 15) is 8.78 Å². The molecule has 2 saturated heterocycles. The van der Waals surface area contributed by atoms with Gasteiger partial charge in [-0.05, 0) is 12.1 Å². The van der Waals surface area contributed by atoms with Crippen molar-refractivity contribution in [2.75, 3.05) is 31.1 Å². The van der Waals surface area contributed by atoms with Crippen LogP contribution in [0, 0.1) is 17.0 Å². The van der Waals surface area contributed by atoms with E-state index in [0.717, 1.165) is 37.0 Å². The lowest BCUT2D eigenvalue weighted by atomic mass is 9.75. The highest BCUT2D eigenvalue weighted by Crippen LogP contribution is 2.39. The molecule has 3 aliphatic rings. The average Bonchev–Trinajstić information content (AvgIpc) is 3.13. The third kappa shape index (κ3) is 2.76. The number of oxime groups is 1. The summed E-state index contributed by atoms with van der Waals surface area (Å²) in [6.07, 6.45) is -0.427. The number of anilines is 1. The topological polar surface area (TPSA) is 49.8 Å². The summed E-state index contributed by atoms with van der Waals surface area (Å²) in [7, 11) is 0. The van der Waals surface area contributed by atoms with Crippen LogP contribution < -0.4 is 10.2 Å². The number of nitrogens with zero attached hydrogens (tertiary/aromatic N) is 3. The van der Waals surface area contributed by atoms with E-state index in [2.05, 4.69) is 20.4 Å². The molecule has 0 aliphatic carbocycles. The fraction of sp³-hybridized carbons (Fsp3) is 0.412. The lowest BCUT2D eigenvalue weighted by molar-refractivity contribution is 0.0800. The van der Waals surface area contributed by atoms with Crippen LogP contribution in [0.1, 0.15) is 23.8 Å². The first kappa shape index (κ1) is 17.6. The molecule has 1 spiro atoms. The Bertz CT molecular complexity index is 842. The molecule has 5 rings (SSSR count). The van der Waals surface area contributed by atoms with Gasteiger partial charge in [0.15, 0.2) is 11.2 Å². The van der Waals surface area contributed by atoms with Gasteiger partial charge in [0.1, 0.15) is 23.0 Å². The Morgan fingerprint density at radius 2 is 1.96 bits per heavy atom. The van der Waals surface area contributed by atoms with E-state index in [4.69, 9.17) is 4.84 Å². The Balaban J connectivity index is 0.00000168. The molecule has 0 bridgehead atoms. The zero-order valence-corrected chi connectivity index (χ0v) is 15.4. The van der Waals surface area contributed by atoms with Crippen LogP contribution in [-0.2, 0) is 4.84 Å². The van der Waals surface area contributed by atoms with Crippen LogP contribution in [0.25, 0.3) is 0 Å². The second-order valence-electron chi connectivity index (χ2n) is 6.95. The SMILES string of the molecule is Cl.Fc1cccc(F)c1C1CC(c2csc(N3CC4(CNC4)C3)n2)=NO1. The number of rotatable bonds is 3. The van der Waals surface area contributed by atoms with Gasteiger partial charge in [-0.1, -0.05) is 11.2 Å². The average molecular weight is 399 g/mol. The van der Waals surface area contributed by atoms with Crippen LogP contribution >= 0.6 is 23.7 Å². The molecule has 0 saturated carbocycles. The predicted octanol–water partition coefficient (Wildman–Crippen LogP) is 3.12. The minimum Gasteiger partial charge on any atom is -0.387 e. The van der Waals surface area contributed by atoms with Gasteiger partial charge in [0.05, 0.1) is 5.56 Å². The van der Waals surface area contributed by atoms with Crippen LogP contribution in [0.5, 0.6) is 0 Å². The van der Waals surface area contributed by atoms with E-state index >= 15 is 0 Å². The highest BCUT2D eigenvalue weighted by atomic mass is 35.5. The van der Waals surface area contributed by atoms with Gasteiger partial charge in [-0.3, -0.25) is 0 Å². The normalized spacial score (nSPS) is 22.9. The summed E-state index contributed by atoms with van der Waals surface area (Å²) in [4.78, 5) is 12.2. The van der Waals surface area contributed by atoms with E-state index in [1.807, 2.05) is 5.38 Å². The second kappa shape index (κ2) is 6.44. The zero-order chi connectivity index (χ0) is 17.0. The Kier molecular flexibility index (Phi) is 4.37. The molecule has 1 unspecified atom stereocenters. The van der Waals surface area contributed by atoms with Crippen LogP contribution in [0.15, 0.2) is 28.7 Å². The lowest BCUT2D eigenvalue weighted by Crippen LogP contribution is -2.71. The minimum absolute atomic E-state index is 0. The molecule has 9 heteroatoms. The molecule has 1 atom stereocenters. The van der Waals surface area contributed by atoms with Crippen molar-refractivity contribution in [1.82, 2.24) is 10.3 Å². The molecule has 1 N–H and O–H groups in total. The van der Waals surface area contributed by atoms with Gasteiger partial charge in [0, 0.05) is 43.4 Å². The number of thiazole rings is 1. The smallest absolute Gasteiger partial charge is 0.185 e.